The molecule has 5 heteroatoms. The van der Waals surface area contributed by atoms with E-state index < -0.39 is 0 Å². The Labute approximate surface area is 167 Å². The summed E-state index contributed by atoms with van der Waals surface area (Å²) >= 11 is 0. The monoisotopic (exact) mass is 383 g/mol. The predicted octanol–water partition coefficient (Wildman–Crippen LogP) is 5.16. The summed E-state index contributed by atoms with van der Waals surface area (Å²) in [4.78, 5) is 14.7. The molecule has 0 atom stereocenters. The van der Waals surface area contributed by atoms with Crippen LogP contribution in [0, 0.1) is 11.7 Å². The van der Waals surface area contributed by atoms with E-state index in [1.807, 2.05) is 26.0 Å². The Hall–Kier alpha value is -2.56. The topological polar surface area (TPSA) is 44.4 Å². The van der Waals surface area contributed by atoms with Crippen LogP contribution in [0.3, 0.4) is 0 Å². The van der Waals surface area contributed by atoms with Gasteiger partial charge in [-0.1, -0.05) is 32.9 Å². The van der Waals surface area contributed by atoms with Crippen molar-refractivity contribution >= 4 is 17.4 Å². The number of benzene rings is 2. The molecule has 28 heavy (non-hydrogen) atoms. The number of hydrogen-bond acceptors (Lipinski definition) is 2. The third-order valence-electron chi connectivity index (χ3n) is 5.59. The molecule has 0 saturated carbocycles. The summed E-state index contributed by atoms with van der Waals surface area (Å²) in [7, 11) is 0. The summed E-state index contributed by atoms with van der Waals surface area (Å²) < 4.78 is 13.1. The minimum Gasteiger partial charge on any atom is -0.372 e. The van der Waals surface area contributed by atoms with Crippen molar-refractivity contribution < 1.29 is 9.18 Å². The molecular weight excluding hydrogens is 353 g/mol. The van der Waals surface area contributed by atoms with Crippen molar-refractivity contribution in [1.29, 1.82) is 0 Å². The van der Waals surface area contributed by atoms with Gasteiger partial charge in [-0.15, -0.1) is 0 Å². The maximum absolute atomic E-state index is 13.1. The van der Waals surface area contributed by atoms with E-state index >= 15 is 0 Å². The summed E-state index contributed by atoms with van der Waals surface area (Å²) in [5.74, 6) is 0.549. The summed E-state index contributed by atoms with van der Waals surface area (Å²) in [5.41, 5.74) is 2.66. The minimum atomic E-state index is -0.291. The lowest BCUT2D eigenvalue weighted by Gasteiger charge is -2.32. The van der Waals surface area contributed by atoms with Crippen molar-refractivity contribution in [2.75, 3.05) is 29.9 Å². The number of amides is 2. The van der Waals surface area contributed by atoms with Crippen LogP contribution in [0.15, 0.2) is 48.5 Å². The first kappa shape index (κ1) is 20.2. The van der Waals surface area contributed by atoms with Crippen LogP contribution in [0.4, 0.5) is 20.6 Å². The number of nitrogens with one attached hydrogen (secondary N) is 2. The largest absolute Gasteiger partial charge is 0.372 e. The molecule has 0 aromatic heterocycles. The van der Waals surface area contributed by atoms with Gasteiger partial charge in [0.1, 0.15) is 5.82 Å². The molecule has 4 nitrogen and oxygen atoms in total. The maximum atomic E-state index is 13.1. The van der Waals surface area contributed by atoms with Gasteiger partial charge in [0.05, 0.1) is 0 Å². The number of nitrogens with zero attached hydrogens (tertiary/aromatic N) is 1. The standard InChI is InChI=1S/C23H30FN3O/c1-17-12-14-27(15-13-17)21-10-8-20(9-11-21)26-22(28)25-16-23(2,3)18-4-6-19(24)7-5-18/h4-11,17H,12-16H2,1-3H3,(H2,25,26,28). The zero-order chi connectivity index (χ0) is 20.1. The summed E-state index contributed by atoms with van der Waals surface area (Å²) in [6, 6.07) is 14.2. The molecule has 0 radical (unpaired) electrons. The fourth-order valence-corrected chi connectivity index (χ4v) is 3.50. The highest BCUT2D eigenvalue weighted by atomic mass is 19.1. The molecule has 3 rings (SSSR count). The second-order valence-corrected chi connectivity index (χ2v) is 8.41. The molecule has 2 aromatic carbocycles. The highest BCUT2D eigenvalue weighted by Crippen LogP contribution is 2.25. The molecule has 1 fully saturated rings. The molecule has 2 amide bonds. The SMILES string of the molecule is CC1CCN(c2ccc(NC(=O)NCC(C)(C)c3ccc(F)cc3)cc2)CC1. The first-order chi connectivity index (χ1) is 13.3. The zero-order valence-electron chi connectivity index (χ0n) is 17.0. The lowest BCUT2D eigenvalue weighted by Crippen LogP contribution is -2.39. The Kier molecular flexibility index (Phi) is 6.22. The van der Waals surface area contributed by atoms with Gasteiger partial charge < -0.3 is 15.5 Å². The van der Waals surface area contributed by atoms with Crippen LogP contribution in [-0.4, -0.2) is 25.7 Å². The molecule has 2 N–H and O–H groups in total. The van der Waals surface area contributed by atoms with E-state index in [4.69, 9.17) is 0 Å². The Morgan fingerprint density at radius 1 is 1.07 bits per heavy atom. The average molecular weight is 384 g/mol. The second-order valence-electron chi connectivity index (χ2n) is 8.41. The van der Waals surface area contributed by atoms with Crippen LogP contribution in [0.25, 0.3) is 0 Å². The third kappa shape index (κ3) is 5.24. The lowest BCUT2D eigenvalue weighted by molar-refractivity contribution is 0.249. The summed E-state index contributed by atoms with van der Waals surface area (Å²) in [6.45, 7) is 8.98. The van der Waals surface area contributed by atoms with E-state index in [0.29, 0.717) is 6.54 Å². The highest BCUT2D eigenvalue weighted by Gasteiger charge is 2.21. The Morgan fingerprint density at radius 3 is 2.29 bits per heavy atom. The van der Waals surface area contributed by atoms with Gasteiger partial charge in [-0.2, -0.15) is 0 Å². The van der Waals surface area contributed by atoms with Crippen molar-refractivity contribution in [2.24, 2.45) is 5.92 Å². The van der Waals surface area contributed by atoms with Gasteiger partial charge in [0.15, 0.2) is 0 Å². The third-order valence-corrected chi connectivity index (χ3v) is 5.59. The molecule has 0 aliphatic carbocycles. The molecule has 1 heterocycles. The molecule has 0 spiro atoms. The van der Waals surface area contributed by atoms with Crippen LogP contribution in [0.5, 0.6) is 0 Å². The number of rotatable bonds is 5. The average Bonchev–Trinajstić information content (AvgIpc) is 2.68. The maximum Gasteiger partial charge on any atom is 0.319 e. The van der Waals surface area contributed by atoms with Gasteiger partial charge in [-0.05, 0) is 60.7 Å². The summed E-state index contributed by atoms with van der Waals surface area (Å²) in [5, 5.41) is 5.80. The molecule has 150 valence electrons. The summed E-state index contributed by atoms with van der Waals surface area (Å²) in [6.07, 6.45) is 2.46. The Balaban J connectivity index is 1.51. The van der Waals surface area contributed by atoms with Crippen molar-refractivity contribution in [3.05, 3.63) is 59.9 Å². The Morgan fingerprint density at radius 2 is 1.68 bits per heavy atom. The normalized spacial score (nSPS) is 15.4. The molecular formula is C23H30FN3O. The molecule has 1 aliphatic rings. The van der Waals surface area contributed by atoms with E-state index in [2.05, 4.69) is 34.6 Å². The van der Waals surface area contributed by atoms with E-state index in [1.165, 1.54) is 30.7 Å². The molecule has 2 aromatic rings. The van der Waals surface area contributed by atoms with Crippen LogP contribution >= 0.6 is 0 Å². The number of hydrogen-bond donors (Lipinski definition) is 2. The number of carbonyl (C=O) groups is 1. The van der Waals surface area contributed by atoms with Gasteiger partial charge >= 0.3 is 6.03 Å². The molecule has 0 unspecified atom stereocenters. The predicted molar refractivity (Wildman–Crippen MR) is 114 cm³/mol. The number of piperidine rings is 1. The van der Waals surface area contributed by atoms with Crippen LogP contribution in [-0.2, 0) is 5.41 Å². The fourth-order valence-electron chi connectivity index (χ4n) is 3.50. The number of urea groups is 1. The van der Waals surface area contributed by atoms with E-state index in [0.717, 1.165) is 30.3 Å². The van der Waals surface area contributed by atoms with Gasteiger partial charge in [0, 0.05) is 36.4 Å². The van der Waals surface area contributed by atoms with Crippen molar-refractivity contribution in [2.45, 2.75) is 39.0 Å². The second kappa shape index (κ2) is 8.63. The number of halogens is 1. The Bertz CT molecular complexity index is 778. The van der Waals surface area contributed by atoms with E-state index in [-0.39, 0.29) is 17.3 Å². The quantitative estimate of drug-likeness (QED) is 0.749. The van der Waals surface area contributed by atoms with Gasteiger partial charge in [0.2, 0.25) is 0 Å². The van der Waals surface area contributed by atoms with E-state index in [9.17, 15) is 9.18 Å². The van der Waals surface area contributed by atoms with Crippen LogP contribution in [0.1, 0.15) is 39.2 Å². The molecule has 1 aliphatic heterocycles. The van der Waals surface area contributed by atoms with Crippen LogP contribution < -0.4 is 15.5 Å². The fraction of sp³-hybridized carbons (Fsp3) is 0.435. The number of anilines is 2. The van der Waals surface area contributed by atoms with Gasteiger partial charge in [-0.3, -0.25) is 0 Å². The van der Waals surface area contributed by atoms with E-state index in [1.54, 1.807) is 12.1 Å². The first-order valence-corrected chi connectivity index (χ1v) is 9.99. The highest BCUT2D eigenvalue weighted by molar-refractivity contribution is 5.89. The molecule has 0 bridgehead atoms. The minimum absolute atomic E-state index is 0.241. The van der Waals surface area contributed by atoms with Crippen LogP contribution in [0.2, 0.25) is 0 Å². The smallest absolute Gasteiger partial charge is 0.319 e. The van der Waals surface area contributed by atoms with Crippen molar-refractivity contribution in [3.8, 4) is 0 Å². The first-order valence-electron chi connectivity index (χ1n) is 9.99. The van der Waals surface area contributed by atoms with Gasteiger partial charge in [0.25, 0.3) is 0 Å². The zero-order valence-corrected chi connectivity index (χ0v) is 17.0. The van der Waals surface area contributed by atoms with Gasteiger partial charge in [-0.25, -0.2) is 9.18 Å². The lowest BCUT2D eigenvalue weighted by atomic mass is 9.84. The van der Waals surface area contributed by atoms with Crippen molar-refractivity contribution in [1.82, 2.24) is 5.32 Å². The number of carbonyl (C=O) groups excluding carboxylic acids is 1. The van der Waals surface area contributed by atoms with Crippen molar-refractivity contribution in [3.63, 3.8) is 0 Å². The molecule has 1 saturated heterocycles.